The number of aromatic carboxylic acids is 1. The Bertz CT molecular complexity index is 996. The molecule has 1 N–H and O–H groups in total. The summed E-state index contributed by atoms with van der Waals surface area (Å²) in [5.41, 5.74) is 5.14. The van der Waals surface area contributed by atoms with E-state index in [1.807, 2.05) is 31.4 Å². The number of methoxy groups -OCH3 is 1. The van der Waals surface area contributed by atoms with Gasteiger partial charge in [0.05, 0.1) is 16.9 Å². The van der Waals surface area contributed by atoms with Gasteiger partial charge in [0.25, 0.3) is 0 Å². The summed E-state index contributed by atoms with van der Waals surface area (Å²) >= 11 is 6.12. The average Bonchev–Trinajstić information content (AvgIpc) is 2.80. The van der Waals surface area contributed by atoms with Crippen LogP contribution >= 0.6 is 11.6 Å². The predicted molar refractivity (Wildman–Crippen MR) is 130 cm³/mol. The molecular weight excluding hydrogens is 424 g/mol. The molecule has 0 saturated carbocycles. The normalized spacial score (nSPS) is 22.3. The van der Waals surface area contributed by atoms with E-state index in [2.05, 4.69) is 28.9 Å². The Morgan fingerprint density at radius 3 is 2.44 bits per heavy atom. The van der Waals surface area contributed by atoms with E-state index in [1.54, 1.807) is 12.1 Å². The van der Waals surface area contributed by atoms with Gasteiger partial charge in [0.2, 0.25) is 0 Å². The molecule has 2 aromatic rings. The average molecular weight is 455 g/mol. The zero-order valence-corrected chi connectivity index (χ0v) is 19.6. The van der Waals surface area contributed by atoms with Gasteiger partial charge in [-0.3, -0.25) is 4.90 Å². The fourth-order valence-electron chi connectivity index (χ4n) is 4.88. The Morgan fingerprint density at radius 1 is 1.09 bits per heavy atom. The number of hydrogen-bond acceptors (Lipinski definition) is 4. The Balaban J connectivity index is 1.50. The van der Waals surface area contributed by atoms with Gasteiger partial charge in [-0.25, -0.2) is 4.79 Å². The number of rotatable bonds is 6. The van der Waals surface area contributed by atoms with E-state index in [1.165, 1.54) is 16.7 Å². The van der Waals surface area contributed by atoms with Crippen LogP contribution in [0.15, 0.2) is 54.1 Å². The quantitative estimate of drug-likeness (QED) is 0.649. The number of hydrogen-bond donors (Lipinski definition) is 1. The van der Waals surface area contributed by atoms with Crippen molar-refractivity contribution in [3.8, 4) is 0 Å². The molecule has 0 bridgehead atoms. The Morgan fingerprint density at radius 2 is 1.78 bits per heavy atom. The van der Waals surface area contributed by atoms with E-state index in [0.29, 0.717) is 5.56 Å². The van der Waals surface area contributed by atoms with Crippen LogP contribution in [0, 0.1) is 0 Å². The van der Waals surface area contributed by atoms with Gasteiger partial charge in [0.15, 0.2) is 0 Å². The van der Waals surface area contributed by atoms with Crippen LogP contribution in [0.5, 0.6) is 0 Å². The molecule has 1 saturated heterocycles. The summed E-state index contributed by atoms with van der Waals surface area (Å²) in [6.07, 6.45) is 2.92. The summed E-state index contributed by atoms with van der Waals surface area (Å²) in [4.78, 5) is 16.3. The van der Waals surface area contributed by atoms with Gasteiger partial charge in [-0.2, -0.15) is 0 Å². The van der Waals surface area contributed by atoms with Crippen molar-refractivity contribution < 1.29 is 14.6 Å². The minimum Gasteiger partial charge on any atom is -0.478 e. The maximum Gasteiger partial charge on any atom is 0.337 e. The second-order valence-corrected chi connectivity index (χ2v) is 9.44. The van der Waals surface area contributed by atoms with Crippen LogP contribution in [-0.2, 0) is 4.74 Å². The summed E-state index contributed by atoms with van der Waals surface area (Å²) in [6.45, 7) is 6.53. The molecule has 6 heteroatoms. The molecule has 1 fully saturated rings. The van der Waals surface area contributed by atoms with Gasteiger partial charge in [-0.15, -0.1) is 0 Å². The van der Waals surface area contributed by atoms with Gasteiger partial charge in [-0.05, 0) is 67.2 Å². The number of carboxylic acids is 1. The number of nitrogens with zero attached hydrogens (tertiary/aromatic N) is 2. The largest absolute Gasteiger partial charge is 0.478 e. The van der Waals surface area contributed by atoms with Crippen molar-refractivity contribution in [3.63, 3.8) is 0 Å². The number of halogens is 1. The maximum absolute atomic E-state index is 11.6. The zero-order chi connectivity index (χ0) is 22.7. The maximum atomic E-state index is 11.6. The van der Waals surface area contributed by atoms with Crippen LogP contribution < -0.4 is 4.90 Å². The highest BCUT2D eigenvalue weighted by molar-refractivity contribution is 6.30. The van der Waals surface area contributed by atoms with E-state index in [4.69, 9.17) is 16.3 Å². The van der Waals surface area contributed by atoms with E-state index < -0.39 is 5.97 Å². The third kappa shape index (κ3) is 5.01. The van der Waals surface area contributed by atoms with Crippen molar-refractivity contribution in [2.24, 2.45) is 0 Å². The van der Waals surface area contributed by atoms with Crippen LogP contribution in [0.4, 0.5) is 5.69 Å². The third-order valence-corrected chi connectivity index (χ3v) is 7.12. The zero-order valence-electron chi connectivity index (χ0n) is 18.8. The fraction of sp³-hybridized carbons (Fsp3) is 0.423. The molecule has 1 aliphatic heterocycles. The molecular formula is C26H31ClN2O3. The Labute approximate surface area is 195 Å². The minimum atomic E-state index is -0.873. The molecule has 2 aliphatic rings. The minimum absolute atomic E-state index is 0.131. The molecule has 5 nitrogen and oxygen atoms in total. The third-order valence-electron chi connectivity index (χ3n) is 6.87. The molecule has 1 atom stereocenters. The number of benzene rings is 2. The van der Waals surface area contributed by atoms with Crippen molar-refractivity contribution in [1.29, 1.82) is 0 Å². The first-order chi connectivity index (χ1) is 15.4. The topological polar surface area (TPSA) is 53.0 Å². The van der Waals surface area contributed by atoms with Crippen molar-refractivity contribution in [2.45, 2.75) is 31.8 Å². The van der Waals surface area contributed by atoms with Gasteiger partial charge < -0.3 is 14.7 Å². The van der Waals surface area contributed by atoms with Crippen LogP contribution in [-0.4, -0.2) is 61.4 Å². The molecule has 32 heavy (non-hydrogen) atoms. The number of carboxylic acid groups (broad SMARTS) is 1. The monoisotopic (exact) mass is 454 g/mol. The van der Waals surface area contributed by atoms with E-state index in [-0.39, 0.29) is 5.60 Å². The van der Waals surface area contributed by atoms with Gasteiger partial charge in [0, 0.05) is 44.9 Å². The number of allylic oxidation sites excluding steroid dienone is 1. The fourth-order valence-corrected chi connectivity index (χ4v) is 5.01. The van der Waals surface area contributed by atoms with E-state index >= 15 is 0 Å². The molecule has 170 valence electrons. The van der Waals surface area contributed by atoms with Crippen LogP contribution in [0.1, 0.15) is 42.1 Å². The standard InChI is InChI=1S/C26H31ClN2O3/c1-26(32-2)12-11-22(19-7-9-21(27)10-8-19)20(17-26)18-28-13-15-29(16-14-28)24-6-4-3-5-23(24)25(30)31/h3-10H,11-18H2,1-2H3,(H,30,31). The molecule has 2 aromatic carbocycles. The number of piperazine rings is 1. The number of carbonyl (C=O) groups is 1. The Kier molecular flexibility index (Phi) is 6.89. The molecule has 0 spiro atoms. The molecule has 1 heterocycles. The first kappa shape index (κ1) is 22.8. The molecule has 0 amide bonds. The first-order valence-corrected chi connectivity index (χ1v) is 11.6. The second kappa shape index (κ2) is 9.65. The second-order valence-electron chi connectivity index (χ2n) is 9.01. The number of ether oxygens (including phenoxy) is 1. The lowest BCUT2D eigenvalue weighted by atomic mass is 9.79. The highest BCUT2D eigenvalue weighted by atomic mass is 35.5. The van der Waals surface area contributed by atoms with Crippen LogP contribution in [0.2, 0.25) is 5.02 Å². The SMILES string of the molecule is COC1(C)CCC(c2ccc(Cl)cc2)=C(CN2CCN(c3ccccc3C(=O)O)CC2)C1. The molecule has 1 aliphatic carbocycles. The molecule has 1 unspecified atom stereocenters. The Hall–Kier alpha value is -2.34. The first-order valence-electron chi connectivity index (χ1n) is 11.2. The summed E-state index contributed by atoms with van der Waals surface area (Å²) < 4.78 is 5.87. The smallest absolute Gasteiger partial charge is 0.337 e. The highest BCUT2D eigenvalue weighted by Gasteiger charge is 2.33. The van der Waals surface area contributed by atoms with Crippen molar-refractivity contribution in [3.05, 3.63) is 70.3 Å². The van der Waals surface area contributed by atoms with Crippen molar-refractivity contribution in [2.75, 3.05) is 44.7 Å². The molecule has 0 radical (unpaired) electrons. The molecule has 0 aromatic heterocycles. The van der Waals surface area contributed by atoms with E-state index in [9.17, 15) is 9.90 Å². The number of anilines is 1. The van der Waals surface area contributed by atoms with Crippen LogP contribution in [0.25, 0.3) is 5.57 Å². The van der Waals surface area contributed by atoms with E-state index in [0.717, 1.165) is 62.7 Å². The predicted octanol–water partition coefficient (Wildman–Crippen LogP) is 5.20. The lowest BCUT2D eigenvalue weighted by molar-refractivity contribution is -0.00391. The number of para-hydroxylation sites is 1. The lowest BCUT2D eigenvalue weighted by Gasteiger charge is -2.40. The lowest BCUT2D eigenvalue weighted by Crippen LogP contribution is -2.48. The van der Waals surface area contributed by atoms with Crippen LogP contribution in [0.3, 0.4) is 0 Å². The van der Waals surface area contributed by atoms with Gasteiger partial charge in [-0.1, -0.05) is 35.9 Å². The highest BCUT2D eigenvalue weighted by Crippen LogP contribution is 2.40. The molecule has 4 rings (SSSR count). The summed E-state index contributed by atoms with van der Waals surface area (Å²) in [5, 5.41) is 10.3. The summed E-state index contributed by atoms with van der Waals surface area (Å²) in [5.74, 6) is -0.873. The summed E-state index contributed by atoms with van der Waals surface area (Å²) in [7, 11) is 1.81. The van der Waals surface area contributed by atoms with Crippen molar-refractivity contribution >= 4 is 28.8 Å². The van der Waals surface area contributed by atoms with Gasteiger partial charge in [0.1, 0.15) is 0 Å². The van der Waals surface area contributed by atoms with Gasteiger partial charge >= 0.3 is 5.97 Å². The summed E-state index contributed by atoms with van der Waals surface area (Å²) in [6, 6.07) is 15.4. The van der Waals surface area contributed by atoms with Crippen molar-refractivity contribution in [1.82, 2.24) is 4.90 Å².